The van der Waals surface area contributed by atoms with Gasteiger partial charge in [0, 0.05) is 6.04 Å². The van der Waals surface area contributed by atoms with Crippen molar-refractivity contribution in [2.24, 2.45) is 0 Å². The summed E-state index contributed by atoms with van der Waals surface area (Å²) in [6, 6.07) is 0.229. The number of nitrogens with one attached hydrogen (secondary N) is 1. The second kappa shape index (κ2) is 6.13. The SMILES string of the molecule is Cc1nc(CNC2CCN(CC(F)(F)F)CC2)oc1C. The lowest BCUT2D eigenvalue weighted by atomic mass is 10.1. The number of alkyl halides is 3. The number of halogens is 3. The Morgan fingerprint density at radius 2 is 1.95 bits per heavy atom. The minimum atomic E-state index is -4.10. The van der Waals surface area contributed by atoms with Gasteiger partial charge in [0.15, 0.2) is 0 Å². The summed E-state index contributed by atoms with van der Waals surface area (Å²) in [5, 5.41) is 3.30. The van der Waals surface area contributed by atoms with Gasteiger partial charge >= 0.3 is 6.18 Å². The fourth-order valence-corrected chi connectivity index (χ4v) is 2.40. The molecule has 0 bridgehead atoms. The number of hydrogen-bond donors (Lipinski definition) is 1. The summed E-state index contributed by atoms with van der Waals surface area (Å²) in [5.41, 5.74) is 0.877. The molecule has 0 amide bonds. The van der Waals surface area contributed by atoms with Crippen molar-refractivity contribution in [2.45, 2.75) is 45.5 Å². The summed E-state index contributed by atoms with van der Waals surface area (Å²) in [7, 11) is 0. The number of piperidine rings is 1. The first-order valence-electron chi connectivity index (χ1n) is 6.79. The van der Waals surface area contributed by atoms with Crippen molar-refractivity contribution in [1.29, 1.82) is 0 Å². The van der Waals surface area contributed by atoms with Crippen LogP contribution in [-0.2, 0) is 6.54 Å². The van der Waals surface area contributed by atoms with E-state index in [9.17, 15) is 13.2 Å². The van der Waals surface area contributed by atoms with Gasteiger partial charge in [-0.1, -0.05) is 0 Å². The number of hydrogen-bond acceptors (Lipinski definition) is 4. The highest BCUT2D eigenvalue weighted by atomic mass is 19.4. The zero-order chi connectivity index (χ0) is 14.8. The van der Waals surface area contributed by atoms with Gasteiger partial charge < -0.3 is 9.73 Å². The molecule has 0 saturated carbocycles. The predicted molar refractivity (Wildman–Crippen MR) is 68.3 cm³/mol. The third-order valence-corrected chi connectivity index (χ3v) is 3.61. The summed E-state index contributed by atoms with van der Waals surface area (Å²) in [4.78, 5) is 5.73. The third kappa shape index (κ3) is 4.49. The molecule has 0 unspecified atom stereocenters. The molecule has 20 heavy (non-hydrogen) atoms. The molecule has 1 aromatic heterocycles. The topological polar surface area (TPSA) is 41.3 Å². The summed E-state index contributed by atoms with van der Waals surface area (Å²) < 4.78 is 42.3. The first-order chi connectivity index (χ1) is 9.33. The normalized spacial score (nSPS) is 18.6. The predicted octanol–water partition coefficient (Wildman–Crippen LogP) is 2.41. The van der Waals surface area contributed by atoms with Crippen LogP contribution >= 0.6 is 0 Å². The van der Waals surface area contributed by atoms with Crippen LogP contribution < -0.4 is 5.32 Å². The van der Waals surface area contributed by atoms with E-state index in [1.165, 1.54) is 4.90 Å². The third-order valence-electron chi connectivity index (χ3n) is 3.61. The molecule has 0 radical (unpaired) electrons. The zero-order valence-corrected chi connectivity index (χ0v) is 11.8. The van der Waals surface area contributed by atoms with E-state index in [1.807, 2.05) is 13.8 Å². The van der Waals surface area contributed by atoms with Gasteiger partial charge in [0.1, 0.15) is 5.76 Å². The highest BCUT2D eigenvalue weighted by Gasteiger charge is 2.32. The molecule has 114 valence electrons. The second-order valence-electron chi connectivity index (χ2n) is 5.30. The molecule has 1 N–H and O–H groups in total. The fourth-order valence-electron chi connectivity index (χ4n) is 2.40. The molecular formula is C13H20F3N3O. The van der Waals surface area contributed by atoms with Crippen molar-refractivity contribution in [3.8, 4) is 0 Å². The van der Waals surface area contributed by atoms with E-state index in [2.05, 4.69) is 10.3 Å². The number of likely N-dealkylation sites (tertiary alicyclic amines) is 1. The van der Waals surface area contributed by atoms with Crippen LogP contribution in [0.5, 0.6) is 0 Å². The molecule has 0 aromatic carbocycles. The lowest BCUT2D eigenvalue weighted by molar-refractivity contribution is -0.148. The average Bonchev–Trinajstić information content (AvgIpc) is 2.66. The van der Waals surface area contributed by atoms with E-state index < -0.39 is 12.7 Å². The molecule has 0 spiro atoms. The Kier molecular flexibility index (Phi) is 4.70. The van der Waals surface area contributed by atoms with Crippen LogP contribution in [0.25, 0.3) is 0 Å². The van der Waals surface area contributed by atoms with Gasteiger partial charge in [0.25, 0.3) is 0 Å². The largest absolute Gasteiger partial charge is 0.444 e. The molecule has 1 aliphatic heterocycles. The van der Waals surface area contributed by atoms with Gasteiger partial charge in [-0.2, -0.15) is 13.2 Å². The Balaban J connectivity index is 1.72. The molecule has 4 nitrogen and oxygen atoms in total. The van der Waals surface area contributed by atoms with Crippen LogP contribution in [0.15, 0.2) is 4.42 Å². The van der Waals surface area contributed by atoms with E-state index in [1.54, 1.807) is 0 Å². The van der Waals surface area contributed by atoms with Gasteiger partial charge in [-0.15, -0.1) is 0 Å². The van der Waals surface area contributed by atoms with Crippen molar-refractivity contribution in [2.75, 3.05) is 19.6 Å². The summed E-state index contributed by atoms with van der Waals surface area (Å²) >= 11 is 0. The molecule has 1 fully saturated rings. The van der Waals surface area contributed by atoms with Gasteiger partial charge in [-0.3, -0.25) is 4.90 Å². The van der Waals surface area contributed by atoms with Crippen molar-refractivity contribution in [3.63, 3.8) is 0 Å². The van der Waals surface area contributed by atoms with Crippen LogP contribution in [0.1, 0.15) is 30.2 Å². The molecule has 1 aliphatic rings. The highest BCUT2D eigenvalue weighted by Crippen LogP contribution is 2.20. The van der Waals surface area contributed by atoms with E-state index in [4.69, 9.17) is 4.42 Å². The van der Waals surface area contributed by atoms with Gasteiger partial charge in [0.05, 0.1) is 18.8 Å². The quantitative estimate of drug-likeness (QED) is 0.925. The summed E-state index contributed by atoms with van der Waals surface area (Å²) in [5.74, 6) is 1.44. The number of rotatable bonds is 4. The molecule has 1 saturated heterocycles. The molecule has 0 aliphatic carbocycles. The number of aromatic nitrogens is 1. The van der Waals surface area contributed by atoms with Crippen LogP contribution in [0.3, 0.4) is 0 Å². The first kappa shape index (κ1) is 15.3. The van der Waals surface area contributed by atoms with Crippen LogP contribution in [0, 0.1) is 13.8 Å². The minimum Gasteiger partial charge on any atom is -0.444 e. The van der Waals surface area contributed by atoms with E-state index in [0.717, 1.165) is 24.3 Å². The van der Waals surface area contributed by atoms with Crippen molar-refractivity contribution < 1.29 is 17.6 Å². The van der Waals surface area contributed by atoms with Crippen LogP contribution in [-0.4, -0.2) is 41.7 Å². The molecule has 2 rings (SSSR count). The fraction of sp³-hybridized carbons (Fsp3) is 0.769. The molecule has 7 heteroatoms. The average molecular weight is 291 g/mol. The lowest BCUT2D eigenvalue weighted by Gasteiger charge is -2.32. The molecule has 0 atom stereocenters. The van der Waals surface area contributed by atoms with Crippen LogP contribution in [0.2, 0.25) is 0 Å². The Bertz CT molecular complexity index is 417. The first-order valence-corrected chi connectivity index (χ1v) is 6.79. The second-order valence-corrected chi connectivity index (χ2v) is 5.30. The molecule has 2 heterocycles. The van der Waals surface area contributed by atoms with Crippen molar-refractivity contribution >= 4 is 0 Å². The Hall–Kier alpha value is -1.08. The maximum absolute atomic E-state index is 12.3. The summed E-state index contributed by atoms with van der Waals surface area (Å²) in [6.45, 7) is 4.41. The van der Waals surface area contributed by atoms with E-state index in [0.29, 0.717) is 25.5 Å². The smallest absolute Gasteiger partial charge is 0.401 e. The van der Waals surface area contributed by atoms with Crippen molar-refractivity contribution in [3.05, 3.63) is 17.3 Å². The zero-order valence-electron chi connectivity index (χ0n) is 11.8. The van der Waals surface area contributed by atoms with Gasteiger partial charge in [-0.05, 0) is 39.8 Å². The molecule has 1 aromatic rings. The minimum absolute atomic E-state index is 0.229. The Labute approximate surface area is 116 Å². The maximum Gasteiger partial charge on any atom is 0.401 e. The number of nitrogens with zero attached hydrogens (tertiary/aromatic N) is 2. The monoisotopic (exact) mass is 291 g/mol. The Morgan fingerprint density at radius 3 is 2.45 bits per heavy atom. The van der Waals surface area contributed by atoms with Crippen LogP contribution in [0.4, 0.5) is 13.2 Å². The standard InChI is InChI=1S/C13H20F3N3O/c1-9-10(2)20-12(18-9)7-17-11-3-5-19(6-4-11)8-13(14,15)16/h11,17H,3-8H2,1-2H3. The number of aryl methyl sites for hydroxylation is 2. The number of oxazole rings is 1. The lowest BCUT2D eigenvalue weighted by Crippen LogP contribution is -2.45. The van der Waals surface area contributed by atoms with Crippen molar-refractivity contribution in [1.82, 2.24) is 15.2 Å². The Morgan fingerprint density at radius 1 is 1.30 bits per heavy atom. The molecular weight excluding hydrogens is 271 g/mol. The van der Waals surface area contributed by atoms with E-state index in [-0.39, 0.29) is 6.04 Å². The highest BCUT2D eigenvalue weighted by molar-refractivity contribution is 5.05. The maximum atomic E-state index is 12.3. The van der Waals surface area contributed by atoms with Gasteiger partial charge in [0.2, 0.25) is 5.89 Å². The van der Waals surface area contributed by atoms with Gasteiger partial charge in [-0.25, -0.2) is 4.98 Å². The summed E-state index contributed by atoms with van der Waals surface area (Å²) in [6.07, 6.45) is -2.67. The van der Waals surface area contributed by atoms with E-state index >= 15 is 0 Å².